The second-order valence-corrected chi connectivity index (χ2v) is 16.0. The van der Waals surface area contributed by atoms with Gasteiger partial charge in [-0.05, 0) is 84.4 Å². The summed E-state index contributed by atoms with van der Waals surface area (Å²) >= 11 is 3.78. The third kappa shape index (κ3) is 7.31. The lowest BCUT2D eigenvalue weighted by Crippen LogP contribution is -2.51. The van der Waals surface area contributed by atoms with Crippen LogP contribution in [0.5, 0.6) is 11.5 Å². The van der Waals surface area contributed by atoms with Gasteiger partial charge in [0.2, 0.25) is 0 Å². The number of hydrogen-bond donors (Lipinski definition) is 3. The molecule has 46 heavy (non-hydrogen) atoms. The molecule has 0 saturated carbocycles. The lowest BCUT2D eigenvalue weighted by atomic mass is 9.60. The number of halogens is 1. The zero-order valence-corrected chi connectivity index (χ0v) is 30.3. The summed E-state index contributed by atoms with van der Waals surface area (Å²) < 4.78 is 39.4. The summed E-state index contributed by atoms with van der Waals surface area (Å²) in [4.78, 5) is 5.26. The Morgan fingerprint density at radius 3 is 2.41 bits per heavy atom. The standard InChI is InChI=1S/C36H52BrN3O5S/c1-5-6-7-8-9-10-11-12-13-18-40-23-27-20-31(44-4)34(37)35-33(27)36(22-29(40)24-41)26(3)19-28(21-32(36)45-35)38-39-46(42,43)30-16-14-25(2)15-17-30/h14-17,20-21,26,29,32,38-39,41H,5-13,18-19,22-24H2,1-4H3/t26-,29+,32-,36+/m1/s1. The maximum atomic E-state index is 13.0. The molecule has 4 atom stereocenters. The number of rotatable bonds is 16. The molecule has 3 aliphatic rings. The summed E-state index contributed by atoms with van der Waals surface area (Å²) in [5.74, 6) is 1.63. The van der Waals surface area contributed by atoms with E-state index in [-0.39, 0.29) is 35.0 Å². The zero-order valence-electron chi connectivity index (χ0n) is 27.9. The van der Waals surface area contributed by atoms with Crippen molar-refractivity contribution in [2.24, 2.45) is 5.92 Å². The van der Waals surface area contributed by atoms with Crippen LogP contribution in [-0.2, 0) is 22.0 Å². The van der Waals surface area contributed by atoms with Crippen molar-refractivity contribution in [3.05, 3.63) is 63.3 Å². The average Bonchev–Trinajstić information content (AvgIpc) is 3.31. The highest BCUT2D eigenvalue weighted by molar-refractivity contribution is 9.10. The Morgan fingerprint density at radius 2 is 1.76 bits per heavy atom. The third-order valence-electron chi connectivity index (χ3n) is 10.4. The highest BCUT2D eigenvalue weighted by Crippen LogP contribution is 2.60. The molecule has 1 aliphatic carbocycles. The van der Waals surface area contributed by atoms with Crippen molar-refractivity contribution in [3.8, 4) is 11.5 Å². The van der Waals surface area contributed by atoms with E-state index in [1.165, 1.54) is 62.5 Å². The van der Waals surface area contributed by atoms with Crippen LogP contribution in [0.25, 0.3) is 0 Å². The monoisotopic (exact) mass is 717 g/mol. The largest absolute Gasteiger partial charge is 0.495 e. The minimum atomic E-state index is -3.75. The van der Waals surface area contributed by atoms with Crippen molar-refractivity contribution in [3.63, 3.8) is 0 Å². The molecule has 2 heterocycles. The summed E-state index contributed by atoms with van der Waals surface area (Å²) in [5.41, 5.74) is 6.78. The van der Waals surface area contributed by atoms with E-state index in [1.54, 1.807) is 31.4 Å². The van der Waals surface area contributed by atoms with Crippen molar-refractivity contribution in [2.75, 3.05) is 20.3 Å². The third-order valence-corrected chi connectivity index (χ3v) is 12.4. The number of hydrazine groups is 1. The van der Waals surface area contributed by atoms with Crippen molar-refractivity contribution in [2.45, 2.75) is 120 Å². The molecule has 254 valence electrons. The van der Waals surface area contributed by atoms with Crippen molar-refractivity contribution in [1.82, 2.24) is 15.2 Å². The molecule has 0 aromatic heterocycles. The van der Waals surface area contributed by atoms with Gasteiger partial charge in [-0.3, -0.25) is 4.90 Å². The van der Waals surface area contributed by atoms with Crippen LogP contribution in [0.15, 0.2) is 51.5 Å². The van der Waals surface area contributed by atoms with E-state index >= 15 is 0 Å². The predicted octanol–water partition coefficient (Wildman–Crippen LogP) is 7.27. The molecule has 0 unspecified atom stereocenters. The minimum Gasteiger partial charge on any atom is -0.495 e. The van der Waals surface area contributed by atoms with E-state index < -0.39 is 10.0 Å². The van der Waals surface area contributed by atoms with E-state index in [2.05, 4.69) is 51.0 Å². The molecule has 3 N–H and O–H groups in total. The Kier molecular flexibility index (Phi) is 11.8. The number of aryl methyl sites for hydroxylation is 1. The molecule has 1 spiro atoms. The first-order valence-electron chi connectivity index (χ1n) is 17.1. The maximum absolute atomic E-state index is 13.0. The van der Waals surface area contributed by atoms with Gasteiger partial charge in [0, 0.05) is 29.3 Å². The highest BCUT2D eigenvalue weighted by Gasteiger charge is 2.58. The van der Waals surface area contributed by atoms with Crippen LogP contribution in [0.4, 0.5) is 0 Å². The molecule has 5 rings (SSSR count). The topological polar surface area (TPSA) is 100 Å². The second kappa shape index (κ2) is 15.4. The summed E-state index contributed by atoms with van der Waals surface area (Å²) in [7, 11) is -2.08. The molecule has 2 aromatic carbocycles. The molecule has 8 nitrogen and oxygen atoms in total. The van der Waals surface area contributed by atoms with E-state index in [9.17, 15) is 13.5 Å². The number of ether oxygens (including phenoxy) is 2. The number of unbranched alkanes of at least 4 members (excludes halogenated alkanes) is 8. The number of allylic oxidation sites excluding steroid dienone is 1. The van der Waals surface area contributed by atoms with Crippen LogP contribution < -0.4 is 19.7 Å². The molecule has 0 saturated heterocycles. The lowest BCUT2D eigenvalue weighted by Gasteiger charge is -2.44. The SMILES string of the molecule is CCCCCCCCCCCN1Cc2cc(OC)c(Br)c3c2[C@@]2(C[C@H]1CO)[C@H](C)CC(NNS(=O)(=O)c1ccc(C)cc1)=C[C@H]2O3. The smallest absolute Gasteiger partial charge is 0.257 e. The first-order valence-corrected chi connectivity index (χ1v) is 19.4. The maximum Gasteiger partial charge on any atom is 0.257 e. The normalized spacial score (nSPS) is 24.0. The van der Waals surface area contributed by atoms with Crippen LogP contribution in [0.3, 0.4) is 0 Å². The first-order chi connectivity index (χ1) is 22.1. The molecular formula is C36H52BrN3O5S. The summed E-state index contributed by atoms with van der Waals surface area (Å²) in [5, 5.41) is 10.8. The van der Waals surface area contributed by atoms with Crippen molar-refractivity contribution < 1.29 is 23.0 Å². The van der Waals surface area contributed by atoms with Gasteiger partial charge in [0.25, 0.3) is 10.0 Å². The van der Waals surface area contributed by atoms with E-state index in [1.807, 2.05) is 13.0 Å². The molecule has 0 fully saturated rings. The summed E-state index contributed by atoms with van der Waals surface area (Å²) in [6.07, 6.45) is 14.6. The minimum absolute atomic E-state index is 0.0198. The number of hydrogen-bond acceptors (Lipinski definition) is 7. The van der Waals surface area contributed by atoms with Crippen molar-refractivity contribution in [1.29, 1.82) is 0 Å². The van der Waals surface area contributed by atoms with Crippen LogP contribution in [0, 0.1) is 12.8 Å². The summed E-state index contributed by atoms with van der Waals surface area (Å²) in [6, 6.07) is 8.91. The van der Waals surface area contributed by atoms with Gasteiger partial charge in [0.1, 0.15) is 22.1 Å². The molecule has 2 aliphatic heterocycles. The van der Waals surface area contributed by atoms with Crippen molar-refractivity contribution >= 4 is 26.0 Å². The molecule has 2 aromatic rings. The average molecular weight is 719 g/mol. The number of sulfonamides is 1. The van der Waals surface area contributed by atoms with Gasteiger partial charge >= 0.3 is 0 Å². The van der Waals surface area contributed by atoms with Crippen LogP contribution >= 0.6 is 15.9 Å². The van der Waals surface area contributed by atoms with Crippen LogP contribution in [0.2, 0.25) is 0 Å². The van der Waals surface area contributed by atoms with Crippen LogP contribution in [-0.4, -0.2) is 50.8 Å². The Balaban J connectivity index is 1.35. The van der Waals surface area contributed by atoms with Gasteiger partial charge in [-0.1, -0.05) is 82.9 Å². The van der Waals surface area contributed by atoms with E-state index in [0.29, 0.717) is 6.42 Å². The van der Waals surface area contributed by atoms with Gasteiger partial charge in [0.15, 0.2) is 0 Å². The highest BCUT2D eigenvalue weighted by atomic mass is 79.9. The Bertz CT molecular complexity index is 1480. The first kappa shape index (κ1) is 35.2. The lowest BCUT2D eigenvalue weighted by molar-refractivity contribution is 0.0541. The molecule has 0 amide bonds. The predicted molar refractivity (Wildman–Crippen MR) is 186 cm³/mol. The van der Waals surface area contributed by atoms with E-state index in [4.69, 9.17) is 9.47 Å². The number of benzene rings is 2. The molecule has 0 bridgehead atoms. The fraction of sp³-hybridized carbons (Fsp3) is 0.611. The number of methoxy groups -OCH3 is 1. The fourth-order valence-corrected chi connectivity index (χ4v) is 9.20. The summed E-state index contributed by atoms with van der Waals surface area (Å²) in [6.45, 7) is 8.15. The fourth-order valence-electron chi connectivity index (χ4n) is 7.76. The van der Waals surface area contributed by atoms with Crippen LogP contribution in [0.1, 0.15) is 101 Å². The van der Waals surface area contributed by atoms with Gasteiger partial charge in [0.05, 0.1) is 18.6 Å². The molecule has 10 heteroatoms. The van der Waals surface area contributed by atoms with Gasteiger partial charge in [-0.2, -0.15) is 0 Å². The van der Waals surface area contributed by atoms with Gasteiger partial charge in [-0.25, -0.2) is 8.42 Å². The van der Waals surface area contributed by atoms with Gasteiger partial charge < -0.3 is 20.0 Å². The van der Waals surface area contributed by atoms with E-state index in [0.717, 1.165) is 53.2 Å². The molecule has 0 radical (unpaired) electrons. The quantitative estimate of drug-likeness (QED) is 0.124. The second-order valence-electron chi connectivity index (χ2n) is 13.5. The van der Waals surface area contributed by atoms with Gasteiger partial charge in [-0.15, -0.1) is 4.83 Å². The Morgan fingerprint density at radius 1 is 1.09 bits per heavy atom. The zero-order chi connectivity index (χ0) is 32.9. The number of nitrogens with zero attached hydrogens (tertiary/aromatic N) is 1. The Hall–Kier alpha value is -2.11. The molecular weight excluding hydrogens is 666 g/mol. The number of aliphatic hydroxyl groups excluding tert-OH is 1. The number of aliphatic hydroxyl groups is 1. The Labute approximate surface area is 284 Å². The number of nitrogens with one attached hydrogen (secondary N) is 2.